The summed E-state index contributed by atoms with van der Waals surface area (Å²) in [7, 11) is 0. The zero-order valence-electron chi connectivity index (χ0n) is 12.6. The Morgan fingerprint density at radius 3 is 2.88 bits per heavy atom. The fraction of sp³-hybridized carbons (Fsp3) is 0.167. The highest BCUT2D eigenvalue weighted by atomic mass is 79.9. The molecule has 5 nitrogen and oxygen atoms in total. The molecule has 0 unspecified atom stereocenters. The fourth-order valence-electron chi connectivity index (χ4n) is 3.52. The van der Waals surface area contributed by atoms with Crippen LogP contribution in [-0.2, 0) is 11.2 Å². The van der Waals surface area contributed by atoms with E-state index in [4.69, 9.17) is 0 Å². The number of carboxylic acids is 1. The number of phenolic OH excluding ortho intramolecular Hbond substituents is 1. The van der Waals surface area contributed by atoms with E-state index in [1.54, 1.807) is 17.4 Å². The van der Waals surface area contributed by atoms with Crippen molar-refractivity contribution in [2.24, 2.45) is 0 Å². The smallest absolute Gasteiger partial charge is 0.157 e. The zero-order chi connectivity index (χ0) is 16.8. The van der Waals surface area contributed by atoms with Gasteiger partial charge in [0.1, 0.15) is 11.8 Å². The van der Waals surface area contributed by atoms with Gasteiger partial charge in [0.05, 0.1) is 17.2 Å². The van der Waals surface area contributed by atoms with E-state index in [0.717, 1.165) is 26.6 Å². The molecule has 0 fully saturated rings. The number of hydrogen-bond acceptors (Lipinski definition) is 3. The number of aromatic nitrogens is 1. The second-order valence-corrected chi connectivity index (χ2v) is 6.98. The average Bonchev–Trinajstić information content (AvgIpc) is 2.95. The van der Waals surface area contributed by atoms with Gasteiger partial charge in [0.15, 0.2) is 6.04 Å². The van der Waals surface area contributed by atoms with Crippen molar-refractivity contribution in [3.8, 4) is 5.75 Å². The molecule has 0 aliphatic carbocycles. The van der Waals surface area contributed by atoms with Crippen LogP contribution >= 0.6 is 15.9 Å². The molecule has 6 heteroatoms. The average molecular weight is 387 g/mol. The van der Waals surface area contributed by atoms with E-state index in [1.807, 2.05) is 30.3 Å². The van der Waals surface area contributed by atoms with Crippen LogP contribution in [0.3, 0.4) is 0 Å². The third kappa shape index (κ3) is 2.39. The molecule has 0 saturated carbocycles. The lowest BCUT2D eigenvalue weighted by atomic mass is 9.90. The molecule has 0 amide bonds. The van der Waals surface area contributed by atoms with E-state index in [1.165, 1.54) is 0 Å². The second-order valence-electron chi connectivity index (χ2n) is 6.07. The van der Waals surface area contributed by atoms with E-state index in [0.29, 0.717) is 12.0 Å². The monoisotopic (exact) mass is 386 g/mol. The Morgan fingerprint density at radius 2 is 2.08 bits per heavy atom. The largest absolute Gasteiger partial charge is 0.544 e. The quantitative estimate of drug-likeness (QED) is 0.612. The molecular formula is C18H15BrN2O3. The number of hydrogen-bond donors (Lipinski definition) is 3. The number of carbonyl (C=O) groups excluding carboxylic acids is 1. The van der Waals surface area contributed by atoms with Crippen LogP contribution in [0.1, 0.15) is 22.9 Å². The summed E-state index contributed by atoms with van der Waals surface area (Å²) in [6, 6.07) is 12.0. The van der Waals surface area contributed by atoms with Crippen LogP contribution < -0.4 is 10.4 Å². The summed E-state index contributed by atoms with van der Waals surface area (Å²) in [6.45, 7) is 0. The number of phenols is 1. The van der Waals surface area contributed by atoms with Crippen molar-refractivity contribution in [1.82, 2.24) is 4.98 Å². The van der Waals surface area contributed by atoms with Gasteiger partial charge in [-0.1, -0.05) is 34.1 Å². The van der Waals surface area contributed by atoms with Crippen LogP contribution in [0.25, 0.3) is 10.9 Å². The third-order valence-electron chi connectivity index (χ3n) is 4.63. The molecule has 4 N–H and O–H groups in total. The number of quaternary nitrogens is 1. The number of aliphatic carboxylic acids is 1. The predicted molar refractivity (Wildman–Crippen MR) is 90.4 cm³/mol. The molecule has 2 heterocycles. The minimum atomic E-state index is -1.09. The first kappa shape index (κ1) is 15.2. The number of rotatable bonds is 2. The minimum absolute atomic E-state index is 0.142. The van der Waals surface area contributed by atoms with E-state index >= 15 is 0 Å². The van der Waals surface area contributed by atoms with Gasteiger partial charge in [-0.15, -0.1) is 0 Å². The highest BCUT2D eigenvalue weighted by Crippen LogP contribution is 2.35. The second kappa shape index (κ2) is 5.65. The van der Waals surface area contributed by atoms with Gasteiger partial charge >= 0.3 is 0 Å². The van der Waals surface area contributed by atoms with Crippen molar-refractivity contribution >= 4 is 32.8 Å². The number of aromatic amines is 1. The van der Waals surface area contributed by atoms with Crippen molar-refractivity contribution in [2.45, 2.75) is 18.5 Å². The molecule has 24 heavy (non-hydrogen) atoms. The highest BCUT2D eigenvalue weighted by molar-refractivity contribution is 9.10. The summed E-state index contributed by atoms with van der Waals surface area (Å²) >= 11 is 3.42. The number of carboxylic acid groups (broad SMARTS) is 1. The summed E-state index contributed by atoms with van der Waals surface area (Å²) in [5.41, 5.74) is 3.55. The zero-order valence-corrected chi connectivity index (χ0v) is 14.2. The number of nitrogens with two attached hydrogens (primary N) is 1. The van der Waals surface area contributed by atoms with Crippen LogP contribution in [0.5, 0.6) is 5.75 Å². The maximum atomic E-state index is 11.5. The van der Waals surface area contributed by atoms with Crippen molar-refractivity contribution in [3.05, 3.63) is 63.8 Å². The third-order valence-corrected chi connectivity index (χ3v) is 5.13. The van der Waals surface area contributed by atoms with Gasteiger partial charge in [-0.2, -0.15) is 0 Å². The lowest BCUT2D eigenvalue weighted by Gasteiger charge is -2.29. The summed E-state index contributed by atoms with van der Waals surface area (Å²) in [4.78, 5) is 14.9. The van der Waals surface area contributed by atoms with Gasteiger partial charge < -0.3 is 25.3 Å². The maximum absolute atomic E-state index is 11.5. The van der Waals surface area contributed by atoms with Gasteiger partial charge in [-0.05, 0) is 29.8 Å². The van der Waals surface area contributed by atoms with E-state index in [2.05, 4.69) is 20.9 Å². The van der Waals surface area contributed by atoms with Gasteiger partial charge in [-0.25, -0.2) is 0 Å². The molecule has 4 rings (SSSR count). The number of H-pyrrole nitrogens is 1. The number of fused-ring (bicyclic) bond motifs is 3. The van der Waals surface area contributed by atoms with Gasteiger partial charge in [-0.3, -0.25) is 0 Å². The molecule has 1 aliphatic rings. The van der Waals surface area contributed by atoms with Crippen LogP contribution in [0.4, 0.5) is 0 Å². The van der Waals surface area contributed by atoms with Crippen molar-refractivity contribution < 1.29 is 20.3 Å². The number of halogens is 1. The molecule has 0 radical (unpaired) electrons. The lowest BCUT2D eigenvalue weighted by molar-refractivity contribution is -0.717. The van der Waals surface area contributed by atoms with Crippen LogP contribution in [0.15, 0.2) is 46.9 Å². The normalized spacial score (nSPS) is 20.0. The summed E-state index contributed by atoms with van der Waals surface area (Å²) in [5, 5.41) is 24.6. The topological polar surface area (TPSA) is 92.8 Å². The van der Waals surface area contributed by atoms with Crippen LogP contribution in [0, 0.1) is 0 Å². The Bertz CT molecular complexity index is 951. The van der Waals surface area contributed by atoms with Crippen molar-refractivity contribution in [3.63, 3.8) is 0 Å². The first-order valence-electron chi connectivity index (χ1n) is 7.68. The van der Waals surface area contributed by atoms with Crippen molar-refractivity contribution in [2.75, 3.05) is 0 Å². The predicted octanol–water partition coefficient (Wildman–Crippen LogP) is 0.963. The summed E-state index contributed by atoms with van der Waals surface area (Å²) < 4.78 is 0.830. The SMILES string of the molecule is O=C([O-])[C@H]1Cc2c([nH]c3ccccc23)[C@H](c2cc(Br)ccc2O)[NH2+]1. The van der Waals surface area contributed by atoms with Crippen molar-refractivity contribution in [1.29, 1.82) is 0 Å². The van der Waals surface area contributed by atoms with E-state index in [-0.39, 0.29) is 11.8 Å². The molecule has 2 atom stereocenters. The Morgan fingerprint density at radius 1 is 1.29 bits per heavy atom. The first-order chi connectivity index (χ1) is 11.5. The summed E-state index contributed by atoms with van der Waals surface area (Å²) in [6.07, 6.45) is 0.396. The number of nitrogens with one attached hydrogen (secondary N) is 1. The number of carbonyl (C=O) groups is 1. The van der Waals surface area contributed by atoms with Gasteiger partial charge in [0, 0.05) is 21.8 Å². The molecule has 3 aromatic rings. The molecule has 1 aromatic heterocycles. The molecular weight excluding hydrogens is 372 g/mol. The van der Waals surface area contributed by atoms with E-state index in [9.17, 15) is 15.0 Å². The standard InChI is InChI=1S/C18H15BrN2O3/c19-9-5-6-15(22)12(7-9)17-16-11(8-14(21-17)18(23)24)10-3-1-2-4-13(10)20-16/h1-7,14,17,20-22H,8H2,(H,23,24)/t14-,17+/m1/s1. The Balaban J connectivity index is 1.94. The molecule has 0 saturated heterocycles. The lowest BCUT2D eigenvalue weighted by Crippen LogP contribution is -2.95. The molecule has 122 valence electrons. The first-order valence-corrected chi connectivity index (χ1v) is 8.47. The minimum Gasteiger partial charge on any atom is -0.544 e. The number of para-hydroxylation sites is 1. The Kier molecular flexibility index (Phi) is 3.58. The van der Waals surface area contributed by atoms with E-state index < -0.39 is 12.0 Å². The fourth-order valence-corrected chi connectivity index (χ4v) is 3.90. The van der Waals surface area contributed by atoms with Gasteiger partial charge in [0.2, 0.25) is 0 Å². The Hall–Kier alpha value is -2.31. The summed E-state index contributed by atoms with van der Waals surface area (Å²) in [5.74, 6) is -0.950. The van der Waals surface area contributed by atoms with Crippen LogP contribution in [-0.4, -0.2) is 22.1 Å². The Labute approximate surface area is 146 Å². The molecule has 1 aliphatic heterocycles. The maximum Gasteiger partial charge on any atom is 0.157 e. The molecule has 0 bridgehead atoms. The van der Waals surface area contributed by atoms with Gasteiger partial charge in [0.25, 0.3) is 0 Å². The number of aromatic hydroxyl groups is 1. The van der Waals surface area contributed by atoms with Crippen LogP contribution in [0.2, 0.25) is 0 Å². The molecule has 2 aromatic carbocycles. The molecule has 0 spiro atoms. The number of benzene rings is 2. The highest BCUT2D eigenvalue weighted by Gasteiger charge is 2.36.